The Hall–Kier alpha value is -0.570. The van der Waals surface area contributed by atoms with Crippen LogP contribution in [0.1, 0.15) is 59.8 Å². The summed E-state index contributed by atoms with van der Waals surface area (Å²) in [5.74, 6) is 1.46. The van der Waals surface area contributed by atoms with E-state index in [1.165, 1.54) is 0 Å². The number of nitrogens with one attached hydrogen (secondary N) is 1. The van der Waals surface area contributed by atoms with Gasteiger partial charge in [-0.05, 0) is 49.4 Å². The Labute approximate surface area is 118 Å². The zero-order valence-electron chi connectivity index (χ0n) is 13.0. The van der Waals surface area contributed by atoms with Crippen molar-refractivity contribution in [3.8, 4) is 0 Å². The second kappa shape index (κ2) is 7.28. The van der Waals surface area contributed by atoms with Crippen LogP contribution in [0.15, 0.2) is 0 Å². The van der Waals surface area contributed by atoms with Crippen LogP contribution < -0.4 is 5.32 Å². The van der Waals surface area contributed by atoms with Gasteiger partial charge >= 0.3 is 0 Å². The standard InChI is InChI=1S/C16H31NO2/c1-12(2)9-16(3,4)11-17-15(19)14-7-5-13(10-18)6-8-14/h12-14,18H,5-11H2,1-4H3,(H,17,19). The van der Waals surface area contributed by atoms with Crippen LogP contribution >= 0.6 is 0 Å². The van der Waals surface area contributed by atoms with Gasteiger partial charge in [-0.3, -0.25) is 4.79 Å². The molecule has 1 aliphatic rings. The molecule has 0 aliphatic heterocycles. The van der Waals surface area contributed by atoms with E-state index >= 15 is 0 Å². The molecule has 0 bridgehead atoms. The molecule has 1 fully saturated rings. The minimum absolute atomic E-state index is 0.164. The molecule has 2 N–H and O–H groups in total. The number of hydrogen-bond donors (Lipinski definition) is 2. The minimum Gasteiger partial charge on any atom is -0.396 e. The van der Waals surface area contributed by atoms with Crippen molar-refractivity contribution >= 4 is 5.91 Å². The molecule has 1 amide bonds. The van der Waals surface area contributed by atoms with Gasteiger partial charge in [0.05, 0.1) is 0 Å². The fourth-order valence-corrected chi connectivity index (χ4v) is 3.26. The molecule has 1 saturated carbocycles. The van der Waals surface area contributed by atoms with Gasteiger partial charge < -0.3 is 10.4 Å². The summed E-state index contributed by atoms with van der Waals surface area (Å²) in [4.78, 5) is 12.2. The van der Waals surface area contributed by atoms with Crippen LogP contribution in [0.25, 0.3) is 0 Å². The lowest BCUT2D eigenvalue weighted by Gasteiger charge is -2.30. The highest BCUT2D eigenvalue weighted by Gasteiger charge is 2.27. The second-order valence-corrected chi connectivity index (χ2v) is 7.38. The molecule has 0 aromatic carbocycles. The van der Waals surface area contributed by atoms with Crippen LogP contribution in [0.5, 0.6) is 0 Å². The monoisotopic (exact) mass is 269 g/mol. The maximum Gasteiger partial charge on any atom is 0.223 e. The van der Waals surface area contributed by atoms with Crippen LogP contribution in [0.3, 0.4) is 0 Å². The highest BCUT2D eigenvalue weighted by Crippen LogP contribution is 2.29. The van der Waals surface area contributed by atoms with E-state index in [0.717, 1.165) is 38.6 Å². The van der Waals surface area contributed by atoms with Gasteiger partial charge in [-0.25, -0.2) is 0 Å². The van der Waals surface area contributed by atoms with Crippen molar-refractivity contribution in [3.63, 3.8) is 0 Å². The molecular formula is C16H31NO2. The highest BCUT2D eigenvalue weighted by atomic mass is 16.3. The lowest BCUT2D eigenvalue weighted by atomic mass is 9.81. The summed E-state index contributed by atoms with van der Waals surface area (Å²) in [5.41, 5.74) is 0.173. The third-order valence-corrected chi connectivity index (χ3v) is 4.18. The van der Waals surface area contributed by atoms with Crippen molar-refractivity contribution in [1.29, 1.82) is 0 Å². The maximum atomic E-state index is 12.2. The number of hydrogen-bond acceptors (Lipinski definition) is 2. The van der Waals surface area contributed by atoms with Gasteiger partial charge in [-0.1, -0.05) is 27.7 Å². The fraction of sp³-hybridized carbons (Fsp3) is 0.938. The number of rotatable bonds is 6. The number of aliphatic hydroxyl groups is 1. The van der Waals surface area contributed by atoms with Gasteiger partial charge in [-0.2, -0.15) is 0 Å². The lowest BCUT2D eigenvalue weighted by Crippen LogP contribution is -2.39. The van der Waals surface area contributed by atoms with Crippen LogP contribution in [0.4, 0.5) is 0 Å². The van der Waals surface area contributed by atoms with Gasteiger partial charge in [0.25, 0.3) is 0 Å². The Kier molecular flexibility index (Phi) is 6.31. The Morgan fingerprint density at radius 1 is 1.26 bits per heavy atom. The highest BCUT2D eigenvalue weighted by molar-refractivity contribution is 5.78. The van der Waals surface area contributed by atoms with E-state index in [4.69, 9.17) is 5.11 Å². The van der Waals surface area contributed by atoms with Gasteiger partial charge in [-0.15, -0.1) is 0 Å². The molecule has 0 unspecified atom stereocenters. The van der Waals surface area contributed by atoms with E-state index < -0.39 is 0 Å². The van der Waals surface area contributed by atoms with Crippen LogP contribution in [0.2, 0.25) is 0 Å². The molecule has 0 atom stereocenters. The normalized spacial score (nSPS) is 24.5. The van der Waals surface area contributed by atoms with Crippen molar-refractivity contribution in [2.75, 3.05) is 13.2 Å². The van der Waals surface area contributed by atoms with Crippen LogP contribution in [0, 0.1) is 23.2 Å². The fourth-order valence-electron chi connectivity index (χ4n) is 3.26. The predicted octanol–water partition coefficient (Wildman–Crippen LogP) is 2.97. The molecule has 0 aromatic heterocycles. The zero-order chi connectivity index (χ0) is 14.5. The first kappa shape index (κ1) is 16.5. The average Bonchev–Trinajstić information content (AvgIpc) is 2.34. The Bertz CT molecular complexity index is 278. The molecule has 19 heavy (non-hydrogen) atoms. The number of amides is 1. The van der Waals surface area contributed by atoms with Crippen molar-refractivity contribution in [2.45, 2.75) is 59.8 Å². The topological polar surface area (TPSA) is 49.3 Å². The van der Waals surface area contributed by atoms with E-state index in [1.807, 2.05) is 0 Å². The van der Waals surface area contributed by atoms with Gasteiger partial charge in [0.2, 0.25) is 5.91 Å². The van der Waals surface area contributed by atoms with Crippen molar-refractivity contribution in [2.24, 2.45) is 23.2 Å². The molecule has 1 aliphatic carbocycles. The lowest BCUT2D eigenvalue weighted by molar-refractivity contribution is -0.126. The summed E-state index contributed by atoms with van der Waals surface area (Å²) in [5, 5.41) is 12.2. The van der Waals surface area contributed by atoms with Crippen molar-refractivity contribution < 1.29 is 9.90 Å². The van der Waals surface area contributed by atoms with E-state index in [-0.39, 0.29) is 23.8 Å². The average molecular weight is 269 g/mol. The summed E-state index contributed by atoms with van der Waals surface area (Å²) >= 11 is 0. The number of aliphatic hydroxyl groups excluding tert-OH is 1. The molecule has 0 aromatic rings. The third kappa shape index (κ3) is 5.94. The Morgan fingerprint density at radius 3 is 2.32 bits per heavy atom. The third-order valence-electron chi connectivity index (χ3n) is 4.18. The summed E-state index contributed by atoms with van der Waals surface area (Å²) in [6.07, 6.45) is 4.97. The van der Waals surface area contributed by atoms with E-state index in [9.17, 15) is 4.79 Å². The first-order valence-electron chi connectivity index (χ1n) is 7.72. The second-order valence-electron chi connectivity index (χ2n) is 7.38. The quantitative estimate of drug-likeness (QED) is 0.779. The Morgan fingerprint density at radius 2 is 1.84 bits per heavy atom. The van der Waals surface area contributed by atoms with Gasteiger partial charge in [0.15, 0.2) is 0 Å². The smallest absolute Gasteiger partial charge is 0.223 e. The first-order chi connectivity index (χ1) is 8.84. The van der Waals surface area contributed by atoms with Gasteiger partial charge in [0.1, 0.15) is 0 Å². The SMILES string of the molecule is CC(C)CC(C)(C)CNC(=O)C1CCC(CO)CC1. The van der Waals surface area contributed by atoms with Crippen molar-refractivity contribution in [1.82, 2.24) is 5.32 Å². The molecule has 0 radical (unpaired) electrons. The summed E-state index contributed by atoms with van der Waals surface area (Å²) in [6.45, 7) is 9.92. The number of carbonyl (C=O) groups excluding carboxylic acids is 1. The molecule has 112 valence electrons. The molecular weight excluding hydrogens is 238 g/mol. The molecule has 0 heterocycles. The molecule has 3 heteroatoms. The molecule has 0 saturated heterocycles. The van der Waals surface area contributed by atoms with E-state index in [2.05, 4.69) is 33.0 Å². The first-order valence-corrected chi connectivity index (χ1v) is 7.72. The number of carbonyl (C=O) groups is 1. The Balaban J connectivity index is 2.32. The van der Waals surface area contributed by atoms with Crippen LogP contribution in [-0.2, 0) is 4.79 Å². The molecule has 0 spiro atoms. The van der Waals surface area contributed by atoms with Crippen molar-refractivity contribution in [3.05, 3.63) is 0 Å². The predicted molar refractivity (Wildman–Crippen MR) is 78.8 cm³/mol. The minimum atomic E-state index is 0.164. The molecule has 3 nitrogen and oxygen atoms in total. The summed E-state index contributed by atoms with van der Waals surface area (Å²) in [6, 6.07) is 0. The van der Waals surface area contributed by atoms with E-state index in [1.54, 1.807) is 0 Å². The summed E-state index contributed by atoms with van der Waals surface area (Å²) < 4.78 is 0. The zero-order valence-corrected chi connectivity index (χ0v) is 13.0. The largest absolute Gasteiger partial charge is 0.396 e. The van der Waals surface area contributed by atoms with Gasteiger partial charge in [0, 0.05) is 19.1 Å². The molecule has 1 rings (SSSR count). The van der Waals surface area contributed by atoms with E-state index in [0.29, 0.717) is 11.8 Å². The maximum absolute atomic E-state index is 12.2. The van der Waals surface area contributed by atoms with Crippen LogP contribution in [-0.4, -0.2) is 24.2 Å². The summed E-state index contributed by atoms with van der Waals surface area (Å²) in [7, 11) is 0.